The van der Waals surface area contributed by atoms with Gasteiger partial charge in [-0.2, -0.15) is 0 Å². The molecule has 0 atom stereocenters. The molecule has 0 unspecified atom stereocenters. The molecule has 1 aromatic rings. The summed E-state index contributed by atoms with van der Waals surface area (Å²) in [5.41, 5.74) is 1.89. The zero-order valence-corrected chi connectivity index (χ0v) is 11.4. The van der Waals surface area contributed by atoms with Gasteiger partial charge in [-0.1, -0.05) is 5.16 Å². The number of hydrogen-bond acceptors (Lipinski definition) is 4. The molecule has 18 heavy (non-hydrogen) atoms. The smallest absolute Gasteiger partial charge is 0.222 e. The highest BCUT2D eigenvalue weighted by Crippen LogP contribution is 2.14. The van der Waals surface area contributed by atoms with Crippen LogP contribution in [0.3, 0.4) is 0 Å². The summed E-state index contributed by atoms with van der Waals surface area (Å²) in [5, 5.41) is 12.7. The highest BCUT2D eigenvalue weighted by molar-refractivity contribution is 5.76. The van der Waals surface area contributed by atoms with Crippen LogP contribution in [0.5, 0.6) is 0 Å². The van der Waals surface area contributed by atoms with Crippen LogP contribution in [0, 0.1) is 13.8 Å². The van der Waals surface area contributed by atoms with Gasteiger partial charge in [0.25, 0.3) is 0 Å². The summed E-state index contributed by atoms with van der Waals surface area (Å²) in [6.07, 6.45) is 1.75. The zero-order valence-electron chi connectivity index (χ0n) is 11.4. The molecule has 102 valence electrons. The van der Waals surface area contributed by atoms with Crippen molar-refractivity contribution in [2.24, 2.45) is 0 Å². The Bertz CT molecular complexity index is 368. The molecule has 1 rings (SSSR count). The average molecular weight is 254 g/mol. The number of aliphatic hydroxyl groups excluding tert-OH is 1. The Morgan fingerprint density at radius 1 is 1.44 bits per heavy atom. The predicted octanol–water partition coefficient (Wildman–Crippen LogP) is 1.45. The lowest BCUT2D eigenvalue weighted by Crippen LogP contribution is -2.32. The van der Waals surface area contributed by atoms with Gasteiger partial charge in [0.2, 0.25) is 5.91 Å². The van der Waals surface area contributed by atoms with E-state index in [1.807, 2.05) is 20.8 Å². The molecule has 0 aliphatic heterocycles. The van der Waals surface area contributed by atoms with Crippen molar-refractivity contribution in [2.75, 3.05) is 19.7 Å². The van der Waals surface area contributed by atoms with E-state index in [1.54, 1.807) is 4.90 Å². The van der Waals surface area contributed by atoms with E-state index in [2.05, 4.69) is 5.16 Å². The third-order valence-electron chi connectivity index (χ3n) is 3.09. The molecule has 1 amide bonds. The molecule has 1 heterocycles. The van der Waals surface area contributed by atoms with E-state index in [0.717, 1.165) is 17.0 Å². The summed E-state index contributed by atoms with van der Waals surface area (Å²) in [6.45, 7) is 7.12. The van der Waals surface area contributed by atoms with Crippen LogP contribution in [-0.4, -0.2) is 40.8 Å². The number of aliphatic hydroxyl groups is 1. The summed E-state index contributed by atoms with van der Waals surface area (Å²) in [5.74, 6) is 0.907. The van der Waals surface area contributed by atoms with Crippen molar-refractivity contribution in [1.82, 2.24) is 10.1 Å². The van der Waals surface area contributed by atoms with Crippen molar-refractivity contribution < 1.29 is 14.4 Å². The van der Waals surface area contributed by atoms with E-state index < -0.39 is 0 Å². The lowest BCUT2D eigenvalue weighted by atomic mass is 10.1. The number of amides is 1. The number of aromatic nitrogens is 1. The average Bonchev–Trinajstić information content (AvgIpc) is 2.67. The van der Waals surface area contributed by atoms with Gasteiger partial charge in [0.15, 0.2) is 0 Å². The second-order valence-electron chi connectivity index (χ2n) is 4.35. The van der Waals surface area contributed by atoms with Gasteiger partial charge in [-0.3, -0.25) is 4.79 Å². The predicted molar refractivity (Wildman–Crippen MR) is 68.3 cm³/mol. The van der Waals surface area contributed by atoms with Crippen LogP contribution in [0.25, 0.3) is 0 Å². The summed E-state index contributed by atoms with van der Waals surface area (Å²) in [6, 6.07) is 0. The van der Waals surface area contributed by atoms with Gasteiger partial charge in [0, 0.05) is 31.7 Å². The number of carbonyl (C=O) groups is 1. The van der Waals surface area contributed by atoms with Crippen LogP contribution in [0.1, 0.15) is 36.8 Å². The van der Waals surface area contributed by atoms with Crippen LogP contribution in [0.2, 0.25) is 0 Å². The Morgan fingerprint density at radius 3 is 2.67 bits per heavy atom. The minimum Gasteiger partial charge on any atom is -0.396 e. The summed E-state index contributed by atoms with van der Waals surface area (Å²) in [7, 11) is 0. The second-order valence-corrected chi connectivity index (χ2v) is 4.35. The lowest BCUT2D eigenvalue weighted by Gasteiger charge is -2.20. The third-order valence-corrected chi connectivity index (χ3v) is 3.09. The van der Waals surface area contributed by atoms with Gasteiger partial charge in [-0.05, 0) is 33.6 Å². The molecule has 0 spiro atoms. The molecule has 0 saturated heterocycles. The van der Waals surface area contributed by atoms with Crippen molar-refractivity contribution in [3.63, 3.8) is 0 Å². The highest BCUT2D eigenvalue weighted by Gasteiger charge is 2.14. The molecule has 0 saturated carbocycles. The first-order valence-corrected chi connectivity index (χ1v) is 6.40. The van der Waals surface area contributed by atoms with Crippen molar-refractivity contribution in [3.05, 3.63) is 17.0 Å². The lowest BCUT2D eigenvalue weighted by molar-refractivity contribution is -0.131. The molecule has 0 aromatic carbocycles. The maximum Gasteiger partial charge on any atom is 0.222 e. The van der Waals surface area contributed by atoms with Gasteiger partial charge in [0.1, 0.15) is 5.76 Å². The van der Waals surface area contributed by atoms with E-state index in [9.17, 15) is 4.79 Å². The Hall–Kier alpha value is -1.36. The van der Waals surface area contributed by atoms with E-state index in [0.29, 0.717) is 32.4 Å². The van der Waals surface area contributed by atoms with E-state index >= 15 is 0 Å². The molecule has 1 aromatic heterocycles. The number of carbonyl (C=O) groups excluding carboxylic acids is 1. The molecule has 0 fully saturated rings. The normalized spacial score (nSPS) is 10.7. The van der Waals surface area contributed by atoms with Crippen LogP contribution in [0.15, 0.2) is 4.52 Å². The zero-order chi connectivity index (χ0) is 13.5. The molecular weight excluding hydrogens is 232 g/mol. The minimum absolute atomic E-state index is 0.117. The SMILES string of the molecule is CCN(CCCO)C(=O)CCc1c(C)noc1C. The quantitative estimate of drug-likeness (QED) is 0.800. The largest absolute Gasteiger partial charge is 0.396 e. The van der Waals surface area contributed by atoms with Crippen molar-refractivity contribution in [2.45, 2.75) is 40.0 Å². The molecule has 0 bridgehead atoms. The second kappa shape index (κ2) is 7.16. The van der Waals surface area contributed by atoms with Gasteiger partial charge in [-0.15, -0.1) is 0 Å². The van der Waals surface area contributed by atoms with Gasteiger partial charge in [-0.25, -0.2) is 0 Å². The molecule has 0 aliphatic rings. The summed E-state index contributed by atoms with van der Waals surface area (Å²) in [4.78, 5) is 13.8. The molecule has 5 nitrogen and oxygen atoms in total. The van der Waals surface area contributed by atoms with E-state index in [1.165, 1.54) is 0 Å². The molecule has 0 aliphatic carbocycles. The van der Waals surface area contributed by atoms with Gasteiger partial charge < -0.3 is 14.5 Å². The standard InChI is InChI=1S/C13H22N2O3/c1-4-15(8-5-9-16)13(17)7-6-12-10(2)14-18-11(12)3/h16H,4-9H2,1-3H3. The van der Waals surface area contributed by atoms with Crippen molar-refractivity contribution in [1.29, 1.82) is 0 Å². The minimum atomic E-state index is 0.117. The molecule has 0 radical (unpaired) electrons. The Labute approximate surface area is 108 Å². The molecule has 1 N–H and O–H groups in total. The Morgan fingerprint density at radius 2 is 2.17 bits per heavy atom. The molecule has 5 heteroatoms. The highest BCUT2D eigenvalue weighted by atomic mass is 16.5. The van der Waals surface area contributed by atoms with Crippen molar-refractivity contribution >= 4 is 5.91 Å². The number of hydrogen-bond donors (Lipinski definition) is 1. The molecular formula is C13H22N2O3. The number of nitrogens with zero attached hydrogens (tertiary/aromatic N) is 2. The van der Waals surface area contributed by atoms with E-state index in [4.69, 9.17) is 9.63 Å². The van der Waals surface area contributed by atoms with Crippen LogP contribution in [0.4, 0.5) is 0 Å². The first-order valence-electron chi connectivity index (χ1n) is 6.40. The maximum atomic E-state index is 12.0. The first-order chi connectivity index (χ1) is 8.60. The van der Waals surface area contributed by atoms with E-state index in [-0.39, 0.29) is 12.5 Å². The Kier molecular flexibility index (Phi) is 5.85. The summed E-state index contributed by atoms with van der Waals surface area (Å²) >= 11 is 0. The monoisotopic (exact) mass is 254 g/mol. The first kappa shape index (κ1) is 14.7. The fraction of sp³-hybridized carbons (Fsp3) is 0.692. The van der Waals surface area contributed by atoms with Crippen LogP contribution < -0.4 is 0 Å². The fourth-order valence-corrected chi connectivity index (χ4v) is 1.97. The van der Waals surface area contributed by atoms with Gasteiger partial charge in [0.05, 0.1) is 5.69 Å². The third kappa shape index (κ3) is 3.84. The van der Waals surface area contributed by atoms with Crippen molar-refractivity contribution in [3.8, 4) is 0 Å². The Balaban J connectivity index is 2.49. The van der Waals surface area contributed by atoms with Crippen LogP contribution >= 0.6 is 0 Å². The maximum absolute atomic E-state index is 12.0. The number of rotatable bonds is 7. The van der Waals surface area contributed by atoms with Gasteiger partial charge >= 0.3 is 0 Å². The fourth-order valence-electron chi connectivity index (χ4n) is 1.97. The number of aryl methyl sites for hydroxylation is 2. The topological polar surface area (TPSA) is 66.6 Å². The van der Waals surface area contributed by atoms with Crippen LogP contribution in [-0.2, 0) is 11.2 Å². The summed E-state index contributed by atoms with van der Waals surface area (Å²) < 4.78 is 5.07.